The van der Waals surface area contributed by atoms with Crippen LogP contribution in [0, 0.1) is 0 Å². The monoisotopic (exact) mass is 307 g/mol. The van der Waals surface area contributed by atoms with Crippen molar-refractivity contribution >= 4 is 21.7 Å². The molecule has 1 aromatic carbocycles. The zero-order valence-electron chi connectivity index (χ0n) is 10.1. The van der Waals surface area contributed by atoms with Crippen molar-refractivity contribution < 1.29 is 31.1 Å². The van der Waals surface area contributed by atoms with E-state index in [-0.39, 0.29) is 6.61 Å². The number of alkyl halides is 3. The van der Waals surface area contributed by atoms with E-state index in [1.165, 1.54) is 6.92 Å². The normalized spacial score (nSPS) is 16.5. The molecule has 0 saturated carbocycles. The van der Waals surface area contributed by atoms with Crippen molar-refractivity contribution in [3.63, 3.8) is 0 Å². The van der Waals surface area contributed by atoms with Gasteiger partial charge in [0.15, 0.2) is 5.71 Å². The molecule has 0 unspecified atom stereocenters. The summed E-state index contributed by atoms with van der Waals surface area (Å²) in [6, 6.07) is 1.98. The van der Waals surface area contributed by atoms with Gasteiger partial charge in [0.1, 0.15) is 0 Å². The minimum Gasteiger partial charge on any atom is -0.461 e. The third kappa shape index (κ3) is 2.40. The van der Waals surface area contributed by atoms with Gasteiger partial charge in [-0.15, -0.1) is 0 Å². The topological polar surface area (TPSA) is 72.8 Å². The first kappa shape index (κ1) is 14.5. The molecule has 0 saturated heterocycles. The fourth-order valence-corrected chi connectivity index (χ4v) is 2.87. The average molecular weight is 307 g/mol. The molecule has 5 nitrogen and oxygen atoms in total. The molecule has 0 radical (unpaired) electrons. The molecule has 1 aliphatic rings. The first-order valence-electron chi connectivity index (χ1n) is 5.40. The number of nitrogens with zero attached hydrogens (tertiary/aromatic N) is 1. The molecule has 0 spiro atoms. The summed E-state index contributed by atoms with van der Waals surface area (Å²) in [4.78, 5) is 11.1. The quantitative estimate of drug-likeness (QED) is 0.780. The number of carbonyl (C=O) groups is 1. The van der Waals surface area contributed by atoms with Gasteiger partial charge >= 0.3 is 12.1 Å². The summed E-state index contributed by atoms with van der Waals surface area (Å²) in [6.07, 6.45) is -4.65. The Labute approximate surface area is 112 Å². The number of carbonyl (C=O) groups excluding carboxylic acids is 1. The number of halogens is 3. The predicted molar refractivity (Wildman–Crippen MR) is 61.8 cm³/mol. The molecule has 1 aromatic rings. The lowest BCUT2D eigenvalue weighted by atomic mass is 10.1. The highest BCUT2D eigenvalue weighted by Gasteiger charge is 2.37. The highest BCUT2D eigenvalue weighted by molar-refractivity contribution is 7.90. The van der Waals surface area contributed by atoms with E-state index in [9.17, 15) is 26.4 Å². The SMILES string of the molecule is CCOC(=O)C1=NS(=O)(=O)c2ccc(C(F)(F)F)cc21. The molecule has 0 aromatic heterocycles. The number of benzene rings is 1. The van der Waals surface area contributed by atoms with Gasteiger partial charge in [0.2, 0.25) is 0 Å². The van der Waals surface area contributed by atoms with E-state index < -0.39 is 43.9 Å². The second kappa shape index (κ2) is 4.58. The van der Waals surface area contributed by atoms with Gasteiger partial charge in [0.25, 0.3) is 10.0 Å². The summed E-state index contributed by atoms with van der Waals surface area (Å²) >= 11 is 0. The molecular weight excluding hydrogens is 299 g/mol. The van der Waals surface area contributed by atoms with Crippen molar-refractivity contribution in [3.8, 4) is 0 Å². The Bertz CT molecular complexity index is 707. The van der Waals surface area contributed by atoms with Crippen LogP contribution in [0.1, 0.15) is 18.1 Å². The van der Waals surface area contributed by atoms with Crippen LogP contribution in [0.25, 0.3) is 0 Å². The molecule has 0 atom stereocenters. The van der Waals surface area contributed by atoms with E-state index in [1.54, 1.807) is 0 Å². The van der Waals surface area contributed by atoms with E-state index in [0.29, 0.717) is 12.1 Å². The van der Waals surface area contributed by atoms with Gasteiger partial charge in [-0.3, -0.25) is 0 Å². The van der Waals surface area contributed by atoms with E-state index in [0.717, 1.165) is 6.07 Å². The highest BCUT2D eigenvalue weighted by Crippen LogP contribution is 2.34. The third-order valence-electron chi connectivity index (χ3n) is 2.52. The minimum absolute atomic E-state index is 0.0494. The Kier molecular flexibility index (Phi) is 3.32. The van der Waals surface area contributed by atoms with Crippen molar-refractivity contribution in [1.29, 1.82) is 0 Å². The van der Waals surface area contributed by atoms with E-state index in [1.807, 2.05) is 0 Å². The van der Waals surface area contributed by atoms with Crippen molar-refractivity contribution in [3.05, 3.63) is 29.3 Å². The summed E-state index contributed by atoms with van der Waals surface area (Å²) in [7, 11) is -4.16. The molecule has 20 heavy (non-hydrogen) atoms. The zero-order chi connectivity index (χ0) is 15.1. The lowest BCUT2D eigenvalue weighted by molar-refractivity contribution is -0.138. The Balaban J connectivity index is 2.61. The van der Waals surface area contributed by atoms with E-state index in [4.69, 9.17) is 0 Å². The fourth-order valence-electron chi connectivity index (χ4n) is 1.68. The second-order valence-electron chi connectivity index (χ2n) is 3.84. The van der Waals surface area contributed by atoms with Gasteiger partial charge in [-0.05, 0) is 25.1 Å². The van der Waals surface area contributed by atoms with E-state index >= 15 is 0 Å². The second-order valence-corrected chi connectivity index (χ2v) is 5.42. The van der Waals surface area contributed by atoms with Gasteiger partial charge < -0.3 is 4.74 Å². The maximum atomic E-state index is 12.6. The molecule has 0 N–H and O–H groups in total. The average Bonchev–Trinajstić information content (AvgIpc) is 2.60. The Morgan fingerprint density at radius 3 is 2.55 bits per heavy atom. The molecule has 2 rings (SSSR count). The maximum Gasteiger partial charge on any atom is 0.416 e. The summed E-state index contributed by atoms with van der Waals surface area (Å²) in [5.41, 5.74) is -2.09. The molecule has 0 fully saturated rings. The van der Waals surface area contributed by atoms with Gasteiger partial charge in [-0.25, -0.2) is 4.79 Å². The number of sulfonamides is 1. The Hall–Kier alpha value is -1.90. The molecular formula is C11H8F3NO4S. The largest absolute Gasteiger partial charge is 0.461 e. The van der Waals surface area contributed by atoms with Gasteiger partial charge in [-0.1, -0.05) is 0 Å². The number of hydrogen-bond donors (Lipinski definition) is 0. The van der Waals surface area contributed by atoms with Crippen LogP contribution in [0.4, 0.5) is 13.2 Å². The van der Waals surface area contributed by atoms with Gasteiger partial charge in [-0.2, -0.15) is 26.0 Å². The number of esters is 1. The zero-order valence-corrected chi connectivity index (χ0v) is 10.9. The van der Waals surface area contributed by atoms with Crippen LogP contribution in [0.3, 0.4) is 0 Å². The van der Waals surface area contributed by atoms with Crippen molar-refractivity contribution in [2.75, 3.05) is 6.61 Å². The van der Waals surface area contributed by atoms with E-state index in [2.05, 4.69) is 9.13 Å². The highest BCUT2D eigenvalue weighted by atomic mass is 32.2. The fraction of sp³-hybridized carbons (Fsp3) is 0.273. The van der Waals surface area contributed by atoms with Gasteiger partial charge in [0, 0.05) is 5.56 Å². The molecule has 0 bridgehead atoms. The molecule has 1 heterocycles. The van der Waals surface area contributed by atoms with Crippen molar-refractivity contribution in [2.24, 2.45) is 4.40 Å². The Morgan fingerprint density at radius 2 is 2.00 bits per heavy atom. The lowest BCUT2D eigenvalue weighted by Gasteiger charge is -2.08. The summed E-state index contributed by atoms with van der Waals surface area (Å²) in [6.45, 7) is 1.43. The standard InChI is InChI=1S/C11H8F3NO4S/c1-2-19-10(16)9-7-5-6(11(12,13)14)3-4-8(7)20(17,18)15-9/h3-5H,2H2,1H3. The predicted octanol–water partition coefficient (Wildman–Crippen LogP) is 1.76. The molecule has 1 aliphatic heterocycles. The lowest BCUT2D eigenvalue weighted by Crippen LogP contribution is -2.18. The summed E-state index contributed by atoms with van der Waals surface area (Å²) < 4.78 is 68.9. The molecule has 9 heteroatoms. The summed E-state index contributed by atoms with van der Waals surface area (Å²) in [5.74, 6) is -1.07. The number of hydrogen-bond acceptors (Lipinski definition) is 4. The first-order chi connectivity index (χ1) is 9.16. The number of ether oxygens (including phenoxy) is 1. The minimum atomic E-state index is -4.65. The van der Waals surface area contributed by atoms with Crippen molar-refractivity contribution in [1.82, 2.24) is 0 Å². The van der Waals surface area contributed by atoms with Crippen LogP contribution in [0.5, 0.6) is 0 Å². The molecule has 0 amide bonds. The van der Waals surface area contributed by atoms with Crippen LogP contribution < -0.4 is 0 Å². The Morgan fingerprint density at radius 1 is 1.35 bits per heavy atom. The van der Waals surface area contributed by atoms with Crippen molar-refractivity contribution in [2.45, 2.75) is 18.0 Å². The number of fused-ring (bicyclic) bond motifs is 1. The van der Waals surface area contributed by atoms with Gasteiger partial charge in [0.05, 0.1) is 17.1 Å². The van der Waals surface area contributed by atoms with Crippen LogP contribution in [0.2, 0.25) is 0 Å². The van der Waals surface area contributed by atoms with Crippen LogP contribution in [0.15, 0.2) is 27.5 Å². The summed E-state index contributed by atoms with van der Waals surface area (Å²) in [5, 5.41) is 0. The van der Waals surface area contributed by atoms with Crippen LogP contribution >= 0.6 is 0 Å². The maximum absolute atomic E-state index is 12.6. The van der Waals surface area contributed by atoms with Crippen LogP contribution in [-0.2, 0) is 25.7 Å². The third-order valence-corrected chi connectivity index (χ3v) is 3.85. The van der Waals surface area contributed by atoms with Crippen LogP contribution in [-0.4, -0.2) is 26.7 Å². The molecule has 0 aliphatic carbocycles. The smallest absolute Gasteiger partial charge is 0.416 e. The first-order valence-corrected chi connectivity index (χ1v) is 6.84. The number of rotatable bonds is 2. The molecule has 108 valence electrons.